The smallest absolute Gasteiger partial charge is 0.340 e. The monoisotopic (exact) mass is 489 g/mol. The van der Waals surface area contributed by atoms with Gasteiger partial charge >= 0.3 is 5.97 Å². The van der Waals surface area contributed by atoms with E-state index in [1.54, 1.807) is 47.1 Å². The lowest BCUT2D eigenvalue weighted by Gasteiger charge is -2.15. The molecular weight excluding hydrogens is 470 g/mol. The maximum Gasteiger partial charge on any atom is 0.340 e. The van der Waals surface area contributed by atoms with Gasteiger partial charge in [-0.1, -0.05) is 29.8 Å². The average molecular weight is 490 g/mol. The molecule has 0 aliphatic carbocycles. The van der Waals surface area contributed by atoms with E-state index < -0.39 is 11.9 Å². The predicted molar refractivity (Wildman–Crippen MR) is 130 cm³/mol. The molecule has 0 atom stereocenters. The van der Waals surface area contributed by atoms with Crippen LogP contribution in [0.25, 0.3) is 5.52 Å². The van der Waals surface area contributed by atoms with Crippen LogP contribution in [0.3, 0.4) is 0 Å². The summed E-state index contributed by atoms with van der Waals surface area (Å²) in [4.78, 5) is 26.0. The fourth-order valence-corrected chi connectivity index (χ4v) is 3.84. The van der Waals surface area contributed by atoms with E-state index in [0.29, 0.717) is 22.4 Å². The average Bonchev–Trinajstić information content (AvgIpc) is 3.24. The molecule has 2 heterocycles. The number of nitriles is 1. The molecular formula is C26H20ClN3O5. The number of ether oxygens (including phenoxy) is 3. The Bertz CT molecular complexity index is 1470. The summed E-state index contributed by atoms with van der Waals surface area (Å²) in [5.74, 6) is -0.645. The number of nitrogens with one attached hydrogen (secondary N) is 1. The standard InChI is InChI=1S/C26H20ClN3O5/c1-33-23-11-18(21(12-24(23)34-2)29-25(31)17-7-3-4-8-20(17)27)26(32)35-15-16-14-30-10-6-5-9-22(30)19(16)13-28/h3-12,14H,15H2,1-2H3,(H,29,31). The zero-order chi connectivity index (χ0) is 24.9. The largest absolute Gasteiger partial charge is 0.493 e. The second-order valence-corrected chi connectivity index (χ2v) is 7.80. The molecule has 0 saturated heterocycles. The summed E-state index contributed by atoms with van der Waals surface area (Å²) >= 11 is 6.15. The van der Waals surface area contributed by atoms with Crippen molar-refractivity contribution in [3.8, 4) is 17.6 Å². The van der Waals surface area contributed by atoms with Gasteiger partial charge in [-0.15, -0.1) is 0 Å². The number of methoxy groups -OCH3 is 2. The zero-order valence-corrected chi connectivity index (χ0v) is 19.6. The Hall–Kier alpha value is -4.48. The number of benzene rings is 2. The molecule has 176 valence electrons. The lowest BCUT2D eigenvalue weighted by molar-refractivity contribution is 0.0473. The summed E-state index contributed by atoms with van der Waals surface area (Å²) in [6.07, 6.45) is 3.54. The van der Waals surface area contributed by atoms with Crippen molar-refractivity contribution in [2.45, 2.75) is 6.61 Å². The molecule has 0 aliphatic heterocycles. The Labute approximate surface area is 206 Å². The lowest BCUT2D eigenvalue weighted by atomic mass is 10.1. The number of esters is 1. The van der Waals surface area contributed by atoms with E-state index in [4.69, 9.17) is 25.8 Å². The van der Waals surface area contributed by atoms with Crippen LogP contribution in [0, 0.1) is 11.3 Å². The van der Waals surface area contributed by atoms with Crippen molar-refractivity contribution in [1.82, 2.24) is 4.40 Å². The van der Waals surface area contributed by atoms with Crippen LogP contribution in [-0.2, 0) is 11.3 Å². The highest BCUT2D eigenvalue weighted by molar-refractivity contribution is 6.34. The number of nitrogens with zero attached hydrogens (tertiary/aromatic N) is 2. The van der Waals surface area contributed by atoms with Crippen LogP contribution in [0.4, 0.5) is 5.69 Å². The third kappa shape index (κ3) is 4.76. The highest BCUT2D eigenvalue weighted by atomic mass is 35.5. The Kier molecular flexibility index (Phi) is 6.90. The van der Waals surface area contributed by atoms with Gasteiger partial charge in [0, 0.05) is 30.1 Å². The number of amides is 1. The molecule has 35 heavy (non-hydrogen) atoms. The van der Waals surface area contributed by atoms with Crippen LogP contribution >= 0.6 is 11.6 Å². The summed E-state index contributed by atoms with van der Waals surface area (Å²) in [7, 11) is 2.87. The number of halogens is 1. The molecule has 1 amide bonds. The zero-order valence-electron chi connectivity index (χ0n) is 18.9. The van der Waals surface area contributed by atoms with Crippen LogP contribution < -0.4 is 14.8 Å². The highest BCUT2D eigenvalue weighted by Crippen LogP contribution is 2.34. The van der Waals surface area contributed by atoms with E-state index in [1.165, 1.54) is 26.4 Å². The maximum atomic E-state index is 13.1. The molecule has 1 N–H and O–H groups in total. The van der Waals surface area contributed by atoms with Gasteiger partial charge in [-0.05, 0) is 24.3 Å². The molecule has 0 unspecified atom stereocenters. The fraction of sp³-hybridized carbons (Fsp3) is 0.115. The number of rotatable bonds is 7. The van der Waals surface area contributed by atoms with Crippen LogP contribution in [0.5, 0.6) is 11.5 Å². The van der Waals surface area contributed by atoms with Crippen LogP contribution in [0.15, 0.2) is 67.0 Å². The molecule has 4 rings (SSSR count). The first-order valence-electron chi connectivity index (χ1n) is 10.4. The fourth-order valence-electron chi connectivity index (χ4n) is 3.62. The predicted octanol–water partition coefficient (Wildman–Crippen LogP) is 5.09. The Balaban J connectivity index is 1.65. The summed E-state index contributed by atoms with van der Waals surface area (Å²) in [5.41, 5.74) is 2.11. The molecule has 0 spiro atoms. The van der Waals surface area contributed by atoms with Crippen molar-refractivity contribution in [2.24, 2.45) is 0 Å². The number of aromatic nitrogens is 1. The number of anilines is 1. The molecule has 2 aromatic heterocycles. The Morgan fingerprint density at radius 1 is 1.03 bits per heavy atom. The van der Waals surface area contributed by atoms with Gasteiger partial charge < -0.3 is 23.9 Å². The minimum atomic E-state index is -0.723. The number of hydrogen-bond acceptors (Lipinski definition) is 6. The van der Waals surface area contributed by atoms with Crippen molar-refractivity contribution in [3.63, 3.8) is 0 Å². The van der Waals surface area contributed by atoms with Gasteiger partial charge in [0.05, 0.1) is 47.1 Å². The van der Waals surface area contributed by atoms with E-state index in [2.05, 4.69) is 11.4 Å². The van der Waals surface area contributed by atoms with Gasteiger partial charge in [-0.25, -0.2) is 4.79 Å². The van der Waals surface area contributed by atoms with Gasteiger partial charge in [0.15, 0.2) is 11.5 Å². The minimum Gasteiger partial charge on any atom is -0.493 e. The van der Waals surface area contributed by atoms with Crippen molar-refractivity contribution in [1.29, 1.82) is 5.26 Å². The normalized spacial score (nSPS) is 10.5. The Morgan fingerprint density at radius 2 is 1.74 bits per heavy atom. The second-order valence-electron chi connectivity index (χ2n) is 7.40. The summed E-state index contributed by atoms with van der Waals surface area (Å²) in [6, 6.07) is 17.1. The number of fused-ring (bicyclic) bond motifs is 1. The molecule has 0 aliphatic rings. The number of hydrogen-bond donors (Lipinski definition) is 1. The molecule has 0 fully saturated rings. The van der Waals surface area contributed by atoms with Crippen LogP contribution in [0.2, 0.25) is 5.02 Å². The van der Waals surface area contributed by atoms with E-state index in [9.17, 15) is 14.9 Å². The SMILES string of the molecule is COc1cc(NC(=O)c2ccccc2Cl)c(C(=O)OCc2cn3ccccc3c2C#N)cc1OC. The number of carbonyl (C=O) groups is 2. The third-order valence-electron chi connectivity index (χ3n) is 5.34. The van der Waals surface area contributed by atoms with E-state index in [-0.39, 0.29) is 34.2 Å². The van der Waals surface area contributed by atoms with Gasteiger partial charge in [0.1, 0.15) is 12.7 Å². The number of carbonyl (C=O) groups excluding carboxylic acids is 2. The lowest BCUT2D eigenvalue weighted by Crippen LogP contribution is -2.17. The molecule has 0 saturated carbocycles. The van der Waals surface area contributed by atoms with Crippen molar-refractivity contribution in [2.75, 3.05) is 19.5 Å². The first kappa shape index (κ1) is 23.7. The molecule has 2 aromatic carbocycles. The first-order valence-corrected chi connectivity index (χ1v) is 10.8. The second kappa shape index (κ2) is 10.2. The topological polar surface area (TPSA) is 102 Å². The van der Waals surface area contributed by atoms with Gasteiger partial charge in [0.2, 0.25) is 0 Å². The summed E-state index contributed by atoms with van der Waals surface area (Å²) < 4.78 is 18.0. The Morgan fingerprint density at radius 3 is 2.46 bits per heavy atom. The van der Waals surface area contributed by atoms with E-state index in [1.807, 2.05) is 12.1 Å². The molecule has 9 heteroatoms. The van der Waals surface area contributed by atoms with Crippen molar-refractivity contribution >= 4 is 34.7 Å². The molecule has 0 radical (unpaired) electrons. The van der Waals surface area contributed by atoms with Crippen molar-refractivity contribution in [3.05, 3.63) is 94.3 Å². The minimum absolute atomic E-state index is 0.0466. The van der Waals surface area contributed by atoms with Crippen molar-refractivity contribution < 1.29 is 23.8 Å². The first-order chi connectivity index (χ1) is 17.0. The van der Waals surface area contributed by atoms with E-state index >= 15 is 0 Å². The van der Waals surface area contributed by atoms with Gasteiger partial charge in [-0.3, -0.25) is 4.79 Å². The quantitative estimate of drug-likeness (QED) is 0.363. The maximum absolute atomic E-state index is 13.1. The highest BCUT2D eigenvalue weighted by Gasteiger charge is 2.22. The van der Waals surface area contributed by atoms with Gasteiger partial charge in [-0.2, -0.15) is 5.26 Å². The van der Waals surface area contributed by atoms with Crippen LogP contribution in [0.1, 0.15) is 31.8 Å². The third-order valence-corrected chi connectivity index (χ3v) is 5.67. The molecule has 8 nitrogen and oxygen atoms in total. The van der Waals surface area contributed by atoms with Crippen LogP contribution in [-0.4, -0.2) is 30.5 Å². The number of pyridine rings is 1. The molecule has 0 bridgehead atoms. The molecule has 4 aromatic rings. The van der Waals surface area contributed by atoms with Gasteiger partial charge in [0.25, 0.3) is 5.91 Å². The summed E-state index contributed by atoms with van der Waals surface area (Å²) in [6.45, 7) is -0.143. The summed E-state index contributed by atoms with van der Waals surface area (Å²) in [5, 5.41) is 12.6. The van der Waals surface area contributed by atoms with E-state index in [0.717, 1.165) is 0 Å².